The number of ether oxygens (including phenoxy) is 1. The van der Waals surface area contributed by atoms with Crippen LogP contribution < -0.4 is 0 Å². The number of aryl methyl sites for hydroxylation is 1. The third-order valence-electron chi connectivity index (χ3n) is 4.70. The van der Waals surface area contributed by atoms with Gasteiger partial charge in [-0.05, 0) is 38.7 Å². The highest BCUT2D eigenvalue weighted by atomic mass is 16.6. The summed E-state index contributed by atoms with van der Waals surface area (Å²) in [6, 6.07) is 7.75. The van der Waals surface area contributed by atoms with E-state index in [1.54, 1.807) is 0 Å². The van der Waals surface area contributed by atoms with E-state index in [2.05, 4.69) is 15.2 Å². The lowest BCUT2D eigenvalue weighted by atomic mass is 9.75. The van der Waals surface area contributed by atoms with Gasteiger partial charge in [-0.1, -0.05) is 18.2 Å². The minimum atomic E-state index is -0.421. The van der Waals surface area contributed by atoms with Gasteiger partial charge in [-0.15, -0.1) is 0 Å². The number of esters is 1. The van der Waals surface area contributed by atoms with E-state index in [0.717, 1.165) is 48.5 Å². The summed E-state index contributed by atoms with van der Waals surface area (Å²) in [5.74, 6) is 1.91. The molecule has 0 unspecified atom stereocenters. The summed E-state index contributed by atoms with van der Waals surface area (Å²) in [6.07, 6.45) is 3.57. The second-order valence-corrected chi connectivity index (χ2v) is 5.98. The fraction of sp³-hybridized carbons (Fsp3) is 0.438. The molecule has 2 aromatic rings. The van der Waals surface area contributed by atoms with E-state index >= 15 is 0 Å². The molecule has 1 fully saturated rings. The lowest BCUT2D eigenvalue weighted by Gasteiger charge is -2.35. The predicted octanol–water partition coefficient (Wildman–Crippen LogP) is 2.84. The zero-order chi connectivity index (χ0) is 14.4. The molecule has 1 spiro atoms. The maximum absolute atomic E-state index is 12.0. The Kier molecular flexibility index (Phi) is 2.64. The van der Waals surface area contributed by atoms with Crippen LogP contribution in [0.5, 0.6) is 0 Å². The van der Waals surface area contributed by atoms with Crippen LogP contribution in [0.2, 0.25) is 0 Å². The van der Waals surface area contributed by atoms with Crippen LogP contribution in [0.25, 0.3) is 0 Å². The number of hydrogen-bond donors (Lipinski definition) is 1. The lowest BCUT2D eigenvalue weighted by Crippen LogP contribution is -2.31. The van der Waals surface area contributed by atoms with Gasteiger partial charge in [-0.25, -0.2) is 9.78 Å². The number of carbonyl (C=O) groups excluding carboxylic acids is 1. The summed E-state index contributed by atoms with van der Waals surface area (Å²) in [7, 11) is 0. The van der Waals surface area contributed by atoms with Gasteiger partial charge >= 0.3 is 5.97 Å². The van der Waals surface area contributed by atoms with Crippen LogP contribution in [0.3, 0.4) is 0 Å². The normalized spacial score (nSPS) is 27.7. The number of aromatic amines is 1. The number of nitrogens with zero attached hydrogens (tertiary/aromatic N) is 2. The average Bonchev–Trinajstić information content (AvgIpc) is 3.04. The summed E-state index contributed by atoms with van der Waals surface area (Å²) >= 11 is 0. The molecule has 1 aliphatic heterocycles. The van der Waals surface area contributed by atoms with Crippen molar-refractivity contribution in [1.82, 2.24) is 15.2 Å². The number of fused-ring (bicyclic) bond motifs is 2. The summed E-state index contributed by atoms with van der Waals surface area (Å²) in [5, 5.41) is 7.17. The summed E-state index contributed by atoms with van der Waals surface area (Å²) < 4.78 is 5.76. The van der Waals surface area contributed by atoms with Crippen molar-refractivity contribution in [2.75, 3.05) is 0 Å². The van der Waals surface area contributed by atoms with Crippen LogP contribution in [0, 0.1) is 6.92 Å². The first-order valence-electron chi connectivity index (χ1n) is 7.40. The third-order valence-corrected chi connectivity index (χ3v) is 4.70. The van der Waals surface area contributed by atoms with Gasteiger partial charge in [0.15, 0.2) is 5.82 Å². The molecule has 4 rings (SSSR count). The topological polar surface area (TPSA) is 67.9 Å². The zero-order valence-electron chi connectivity index (χ0n) is 11.9. The van der Waals surface area contributed by atoms with Crippen LogP contribution in [0.15, 0.2) is 24.3 Å². The molecule has 0 saturated heterocycles. The van der Waals surface area contributed by atoms with Gasteiger partial charge < -0.3 is 4.74 Å². The van der Waals surface area contributed by atoms with Crippen molar-refractivity contribution in [1.29, 1.82) is 0 Å². The zero-order valence-corrected chi connectivity index (χ0v) is 11.9. The van der Waals surface area contributed by atoms with Crippen molar-refractivity contribution in [2.24, 2.45) is 0 Å². The number of nitrogens with one attached hydrogen (secondary N) is 1. The molecule has 1 saturated carbocycles. The molecular formula is C16H17N3O2. The molecule has 2 aliphatic rings. The third kappa shape index (κ3) is 1.87. The van der Waals surface area contributed by atoms with E-state index in [9.17, 15) is 4.79 Å². The standard InChI is InChI=1S/C16H17N3O2/c1-10-17-14(19-18-10)11-6-8-16(9-7-11)13-5-3-2-4-12(13)15(20)21-16/h2-5,11H,6-9H2,1H3,(H,17,18,19). The molecule has 5 nitrogen and oxygen atoms in total. The van der Waals surface area contributed by atoms with E-state index in [1.807, 2.05) is 31.2 Å². The summed E-state index contributed by atoms with van der Waals surface area (Å²) in [6.45, 7) is 1.91. The number of benzene rings is 1. The fourth-order valence-electron chi connectivity index (χ4n) is 3.60. The number of H-pyrrole nitrogens is 1. The molecule has 1 aromatic heterocycles. The smallest absolute Gasteiger partial charge is 0.339 e. The van der Waals surface area contributed by atoms with E-state index in [0.29, 0.717) is 5.92 Å². The Bertz CT molecular complexity index is 699. The van der Waals surface area contributed by atoms with E-state index in [-0.39, 0.29) is 5.97 Å². The van der Waals surface area contributed by atoms with Crippen LogP contribution in [0.1, 0.15) is 59.2 Å². The minimum Gasteiger partial charge on any atom is -0.451 e. The molecule has 0 radical (unpaired) electrons. The maximum atomic E-state index is 12.0. The monoisotopic (exact) mass is 283 g/mol. The molecule has 0 atom stereocenters. The van der Waals surface area contributed by atoms with Gasteiger partial charge in [0.25, 0.3) is 0 Å². The largest absolute Gasteiger partial charge is 0.451 e. The minimum absolute atomic E-state index is 0.183. The second-order valence-electron chi connectivity index (χ2n) is 5.98. The molecule has 2 heterocycles. The number of hydrogen-bond acceptors (Lipinski definition) is 4. The Morgan fingerprint density at radius 3 is 2.76 bits per heavy atom. The van der Waals surface area contributed by atoms with Crippen molar-refractivity contribution < 1.29 is 9.53 Å². The van der Waals surface area contributed by atoms with Crippen molar-refractivity contribution in [3.63, 3.8) is 0 Å². The Morgan fingerprint density at radius 2 is 2.05 bits per heavy atom. The maximum Gasteiger partial charge on any atom is 0.339 e. The van der Waals surface area contributed by atoms with Gasteiger partial charge in [0.2, 0.25) is 0 Å². The second kappa shape index (κ2) is 4.41. The summed E-state index contributed by atoms with van der Waals surface area (Å²) in [5.41, 5.74) is 1.36. The molecule has 1 aliphatic carbocycles. The van der Waals surface area contributed by atoms with Crippen LogP contribution in [0.4, 0.5) is 0 Å². The Morgan fingerprint density at radius 1 is 1.29 bits per heavy atom. The SMILES string of the molecule is Cc1nc(C2CCC3(CC2)OC(=O)c2ccccc23)n[nH]1. The van der Waals surface area contributed by atoms with Crippen LogP contribution in [-0.4, -0.2) is 21.2 Å². The molecule has 0 bridgehead atoms. The molecule has 21 heavy (non-hydrogen) atoms. The number of rotatable bonds is 1. The van der Waals surface area contributed by atoms with Gasteiger partial charge in [0.05, 0.1) is 5.56 Å². The predicted molar refractivity (Wildman–Crippen MR) is 75.9 cm³/mol. The summed E-state index contributed by atoms with van der Waals surface area (Å²) in [4.78, 5) is 16.5. The molecule has 0 amide bonds. The molecular weight excluding hydrogens is 266 g/mol. The number of aromatic nitrogens is 3. The molecule has 5 heteroatoms. The highest BCUT2D eigenvalue weighted by molar-refractivity contribution is 5.94. The van der Waals surface area contributed by atoms with Crippen LogP contribution >= 0.6 is 0 Å². The molecule has 108 valence electrons. The molecule has 1 aromatic carbocycles. The Balaban J connectivity index is 1.59. The average molecular weight is 283 g/mol. The Hall–Kier alpha value is -2.17. The van der Waals surface area contributed by atoms with Gasteiger partial charge in [-0.2, -0.15) is 5.10 Å². The highest BCUT2D eigenvalue weighted by Crippen LogP contribution is 2.49. The van der Waals surface area contributed by atoms with E-state index in [1.165, 1.54) is 0 Å². The van der Waals surface area contributed by atoms with E-state index < -0.39 is 5.60 Å². The van der Waals surface area contributed by atoms with Crippen molar-refractivity contribution in [2.45, 2.75) is 44.1 Å². The first-order chi connectivity index (χ1) is 10.2. The quantitative estimate of drug-likeness (QED) is 0.817. The van der Waals surface area contributed by atoms with Gasteiger partial charge in [0, 0.05) is 11.5 Å². The van der Waals surface area contributed by atoms with Gasteiger partial charge in [-0.3, -0.25) is 5.10 Å². The fourth-order valence-corrected chi connectivity index (χ4v) is 3.60. The van der Waals surface area contributed by atoms with Crippen molar-refractivity contribution in [3.8, 4) is 0 Å². The van der Waals surface area contributed by atoms with Gasteiger partial charge in [0.1, 0.15) is 11.4 Å². The van der Waals surface area contributed by atoms with Crippen LogP contribution in [-0.2, 0) is 10.3 Å². The number of carbonyl (C=O) groups is 1. The highest BCUT2D eigenvalue weighted by Gasteiger charge is 2.47. The molecule has 1 N–H and O–H groups in total. The lowest BCUT2D eigenvalue weighted by molar-refractivity contribution is -0.0312. The van der Waals surface area contributed by atoms with Crippen molar-refractivity contribution in [3.05, 3.63) is 47.0 Å². The first kappa shape index (κ1) is 12.6. The first-order valence-corrected chi connectivity index (χ1v) is 7.40. The van der Waals surface area contributed by atoms with E-state index in [4.69, 9.17) is 4.74 Å². The Labute approximate surface area is 122 Å². The van der Waals surface area contributed by atoms with Crippen molar-refractivity contribution >= 4 is 5.97 Å².